The molecule has 0 heterocycles. The Kier molecular flexibility index (Phi) is 5.44. The van der Waals surface area contributed by atoms with Gasteiger partial charge in [0.05, 0.1) is 12.3 Å². The number of carbonyl (C=O) groups is 1. The first-order chi connectivity index (χ1) is 8.56. The molecule has 18 heavy (non-hydrogen) atoms. The molecule has 0 aliphatic carbocycles. The third kappa shape index (κ3) is 3.92. The van der Waals surface area contributed by atoms with Crippen molar-refractivity contribution in [2.75, 3.05) is 25.1 Å². The summed E-state index contributed by atoms with van der Waals surface area (Å²) in [4.78, 5) is 11.3. The predicted octanol–water partition coefficient (Wildman–Crippen LogP) is 2.26. The van der Waals surface area contributed by atoms with Crippen LogP contribution in [0.4, 0.5) is 23.7 Å². The highest BCUT2D eigenvalue weighted by molar-refractivity contribution is 5.89. The van der Waals surface area contributed by atoms with Crippen LogP contribution in [0.15, 0.2) is 12.1 Å². The number of carbonyl (C=O) groups excluding carboxylic acids is 1. The number of benzene rings is 1. The number of halogens is 3. The zero-order valence-electron chi connectivity index (χ0n) is 9.73. The molecule has 0 aromatic heterocycles. The fourth-order valence-electron chi connectivity index (χ4n) is 1.17. The Hall–Kier alpha value is -1.76. The fourth-order valence-corrected chi connectivity index (χ4v) is 1.17. The number of anilines is 1. The normalized spacial score (nSPS) is 10.2. The van der Waals surface area contributed by atoms with Crippen molar-refractivity contribution in [1.82, 2.24) is 5.32 Å². The van der Waals surface area contributed by atoms with Crippen LogP contribution >= 0.6 is 0 Å². The third-order valence-corrected chi connectivity index (χ3v) is 2.02. The Balaban J connectivity index is 2.52. The van der Waals surface area contributed by atoms with E-state index in [1.807, 2.05) is 0 Å². The molecule has 7 heteroatoms. The van der Waals surface area contributed by atoms with Crippen LogP contribution in [0.2, 0.25) is 0 Å². The molecule has 1 aromatic carbocycles. The lowest BCUT2D eigenvalue weighted by molar-refractivity contribution is 0.150. The minimum absolute atomic E-state index is 0.227. The van der Waals surface area contributed by atoms with Gasteiger partial charge in [0.15, 0.2) is 17.5 Å². The van der Waals surface area contributed by atoms with Gasteiger partial charge in [-0.05, 0) is 19.1 Å². The highest BCUT2D eigenvalue weighted by Crippen LogP contribution is 2.19. The van der Waals surface area contributed by atoms with E-state index in [1.54, 1.807) is 6.92 Å². The van der Waals surface area contributed by atoms with Gasteiger partial charge in [-0.25, -0.2) is 18.0 Å². The van der Waals surface area contributed by atoms with E-state index in [0.717, 1.165) is 12.1 Å². The van der Waals surface area contributed by atoms with Crippen LogP contribution in [0.5, 0.6) is 0 Å². The van der Waals surface area contributed by atoms with E-state index < -0.39 is 29.2 Å². The van der Waals surface area contributed by atoms with Gasteiger partial charge in [0, 0.05) is 13.2 Å². The van der Waals surface area contributed by atoms with E-state index in [0.29, 0.717) is 13.2 Å². The Morgan fingerprint density at radius 1 is 1.28 bits per heavy atom. The molecule has 2 amide bonds. The lowest BCUT2D eigenvalue weighted by Crippen LogP contribution is -2.32. The first kappa shape index (κ1) is 14.3. The average molecular weight is 262 g/mol. The molecule has 0 atom stereocenters. The Labute approximate surface area is 102 Å². The molecule has 4 nitrogen and oxygen atoms in total. The Morgan fingerprint density at radius 3 is 2.67 bits per heavy atom. The topological polar surface area (TPSA) is 50.4 Å². The van der Waals surface area contributed by atoms with Crippen LogP contribution in [0.1, 0.15) is 6.92 Å². The highest BCUT2D eigenvalue weighted by atomic mass is 19.2. The van der Waals surface area contributed by atoms with Gasteiger partial charge in [0.2, 0.25) is 0 Å². The third-order valence-electron chi connectivity index (χ3n) is 2.02. The van der Waals surface area contributed by atoms with E-state index >= 15 is 0 Å². The quantitative estimate of drug-likeness (QED) is 0.631. The van der Waals surface area contributed by atoms with Crippen molar-refractivity contribution in [1.29, 1.82) is 0 Å². The first-order valence-electron chi connectivity index (χ1n) is 5.32. The number of hydrogen-bond donors (Lipinski definition) is 2. The summed E-state index contributed by atoms with van der Waals surface area (Å²) < 4.78 is 43.6. The second-order valence-electron chi connectivity index (χ2n) is 3.30. The number of amides is 2. The maximum Gasteiger partial charge on any atom is 0.319 e. The zero-order valence-corrected chi connectivity index (χ0v) is 9.73. The molecule has 0 saturated carbocycles. The van der Waals surface area contributed by atoms with Gasteiger partial charge in [0.25, 0.3) is 0 Å². The smallest absolute Gasteiger partial charge is 0.319 e. The van der Waals surface area contributed by atoms with Crippen molar-refractivity contribution < 1.29 is 22.7 Å². The standard InChI is InChI=1S/C11H13F3N2O2/c1-2-18-6-5-15-11(17)16-8-4-3-7(12)9(13)10(8)14/h3-4H,2,5-6H2,1H3,(H2,15,16,17). The summed E-state index contributed by atoms with van der Waals surface area (Å²) in [6.07, 6.45) is 0. The van der Waals surface area contributed by atoms with Crippen LogP contribution in [-0.2, 0) is 4.74 Å². The van der Waals surface area contributed by atoms with E-state index in [2.05, 4.69) is 10.6 Å². The molecule has 100 valence electrons. The number of nitrogens with one attached hydrogen (secondary N) is 2. The summed E-state index contributed by atoms with van der Waals surface area (Å²) in [5.41, 5.74) is -0.428. The number of ether oxygens (including phenoxy) is 1. The molecule has 1 aromatic rings. The van der Waals surface area contributed by atoms with Gasteiger partial charge in [-0.3, -0.25) is 0 Å². The molecule has 0 spiro atoms. The number of hydrogen-bond acceptors (Lipinski definition) is 2. The van der Waals surface area contributed by atoms with Crippen molar-refractivity contribution in [3.63, 3.8) is 0 Å². The summed E-state index contributed by atoms with van der Waals surface area (Å²) in [6.45, 7) is 2.85. The van der Waals surface area contributed by atoms with Crippen LogP contribution in [0.3, 0.4) is 0 Å². The van der Waals surface area contributed by atoms with Crippen LogP contribution < -0.4 is 10.6 Å². The van der Waals surface area contributed by atoms with Gasteiger partial charge in [-0.1, -0.05) is 0 Å². The predicted molar refractivity (Wildman–Crippen MR) is 59.8 cm³/mol. The van der Waals surface area contributed by atoms with Gasteiger partial charge in [-0.2, -0.15) is 0 Å². The first-order valence-corrected chi connectivity index (χ1v) is 5.32. The molecule has 0 bridgehead atoms. The second kappa shape index (κ2) is 6.85. The van der Waals surface area contributed by atoms with Gasteiger partial charge >= 0.3 is 6.03 Å². The molecule has 1 rings (SSSR count). The zero-order chi connectivity index (χ0) is 13.5. The fraction of sp³-hybridized carbons (Fsp3) is 0.364. The maximum absolute atomic E-state index is 13.2. The minimum Gasteiger partial charge on any atom is -0.380 e. The molecule has 0 unspecified atom stereocenters. The lowest BCUT2D eigenvalue weighted by Gasteiger charge is -2.08. The largest absolute Gasteiger partial charge is 0.380 e. The SMILES string of the molecule is CCOCCNC(=O)Nc1ccc(F)c(F)c1F. The summed E-state index contributed by atoms with van der Waals surface area (Å²) >= 11 is 0. The average Bonchev–Trinajstić information content (AvgIpc) is 2.35. The van der Waals surface area contributed by atoms with Gasteiger partial charge in [-0.15, -0.1) is 0 Å². The number of urea groups is 1. The van der Waals surface area contributed by atoms with Crippen molar-refractivity contribution in [3.05, 3.63) is 29.6 Å². The molecule has 0 aliphatic heterocycles. The van der Waals surface area contributed by atoms with E-state index in [1.165, 1.54) is 0 Å². The molecule has 2 N–H and O–H groups in total. The van der Waals surface area contributed by atoms with E-state index in [4.69, 9.17) is 4.74 Å². The van der Waals surface area contributed by atoms with Crippen LogP contribution in [0.25, 0.3) is 0 Å². The molecule has 0 saturated heterocycles. The van der Waals surface area contributed by atoms with Gasteiger partial charge in [0.1, 0.15) is 0 Å². The highest BCUT2D eigenvalue weighted by Gasteiger charge is 2.14. The van der Waals surface area contributed by atoms with E-state index in [-0.39, 0.29) is 6.54 Å². The Bertz CT molecular complexity index is 427. The van der Waals surface area contributed by atoms with Crippen LogP contribution in [0, 0.1) is 17.5 Å². The van der Waals surface area contributed by atoms with E-state index in [9.17, 15) is 18.0 Å². The van der Waals surface area contributed by atoms with Crippen LogP contribution in [-0.4, -0.2) is 25.8 Å². The molecule has 0 fully saturated rings. The summed E-state index contributed by atoms with van der Waals surface area (Å²) in [6, 6.07) is 0.948. The summed E-state index contributed by atoms with van der Waals surface area (Å²) in [7, 11) is 0. The number of rotatable bonds is 5. The van der Waals surface area contributed by atoms with Crippen molar-refractivity contribution >= 4 is 11.7 Å². The molecular weight excluding hydrogens is 249 g/mol. The summed E-state index contributed by atoms with van der Waals surface area (Å²) in [5.74, 6) is -4.37. The molecular formula is C11H13F3N2O2. The lowest BCUT2D eigenvalue weighted by atomic mass is 10.3. The summed E-state index contributed by atoms with van der Waals surface area (Å²) in [5, 5.41) is 4.44. The van der Waals surface area contributed by atoms with Crippen molar-refractivity contribution in [2.24, 2.45) is 0 Å². The Morgan fingerprint density at radius 2 is 2.00 bits per heavy atom. The van der Waals surface area contributed by atoms with Crippen molar-refractivity contribution in [2.45, 2.75) is 6.92 Å². The maximum atomic E-state index is 13.2. The molecule has 0 aliphatic rings. The minimum atomic E-state index is -1.62. The monoisotopic (exact) mass is 262 g/mol. The van der Waals surface area contributed by atoms with Crippen molar-refractivity contribution in [3.8, 4) is 0 Å². The second-order valence-corrected chi connectivity index (χ2v) is 3.30. The van der Waals surface area contributed by atoms with Gasteiger partial charge < -0.3 is 15.4 Å². The molecule has 0 radical (unpaired) electrons.